The Morgan fingerprint density at radius 2 is 1.92 bits per heavy atom. The standard InChI is InChI=1S/C23H26N6O7S/c1-33-15-4-3-14(13-16(15)34-2)7-10-36-23-26-21(25-22(27-23)29-8-11-35-12-9-29)24-18-6-5-17(37-18)19(28-32)20(30)31/h3-6,13,32H,7-12H2,1-2H3,(H,30,31)(H,24,25,26,27)/b28-19-. The van der Waals surface area contributed by atoms with Crippen LogP contribution in [0, 0.1) is 0 Å². The summed E-state index contributed by atoms with van der Waals surface area (Å²) in [6.07, 6.45) is 0.578. The molecule has 0 radical (unpaired) electrons. The van der Waals surface area contributed by atoms with Gasteiger partial charge in [-0.05, 0) is 29.8 Å². The van der Waals surface area contributed by atoms with Gasteiger partial charge in [0.25, 0.3) is 0 Å². The first-order chi connectivity index (χ1) is 18.0. The van der Waals surface area contributed by atoms with Gasteiger partial charge < -0.3 is 39.5 Å². The second-order valence-electron chi connectivity index (χ2n) is 7.67. The first kappa shape index (κ1) is 25.9. The number of methoxy groups -OCH3 is 2. The number of rotatable bonds is 11. The van der Waals surface area contributed by atoms with Gasteiger partial charge in [0.15, 0.2) is 11.5 Å². The van der Waals surface area contributed by atoms with Crippen molar-refractivity contribution in [1.82, 2.24) is 15.0 Å². The molecule has 3 N–H and O–H groups in total. The maximum atomic E-state index is 11.3. The molecule has 1 aromatic carbocycles. The quantitative estimate of drug-likeness (QED) is 0.189. The van der Waals surface area contributed by atoms with E-state index in [9.17, 15) is 9.90 Å². The molecule has 0 unspecified atom stereocenters. The predicted molar refractivity (Wildman–Crippen MR) is 135 cm³/mol. The average Bonchev–Trinajstić information content (AvgIpc) is 3.36. The highest BCUT2D eigenvalue weighted by molar-refractivity contribution is 7.18. The molecule has 0 saturated carbocycles. The van der Waals surface area contributed by atoms with Crippen molar-refractivity contribution >= 4 is 39.9 Å². The molecule has 196 valence electrons. The minimum Gasteiger partial charge on any atom is -0.493 e. The van der Waals surface area contributed by atoms with Crippen molar-refractivity contribution in [1.29, 1.82) is 0 Å². The number of anilines is 3. The first-order valence-corrected chi connectivity index (χ1v) is 12.1. The van der Waals surface area contributed by atoms with Crippen molar-refractivity contribution in [2.45, 2.75) is 6.42 Å². The molecule has 1 saturated heterocycles. The highest BCUT2D eigenvalue weighted by Gasteiger charge is 2.19. The van der Waals surface area contributed by atoms with Crippen molar-refractivity contribution in [3.05, 3.63) is 40.8 Å². The number of nitrogens with zero attached hydrogens (tertiary/aromatic N) is 5. The lowest BCUT2D eigenvalue weighted by Gasteiger charge is -2.27. The summed E-state index contributed by atoms with van der Waals surface area (Å²) in [7, 11) is 3.17. The fourth-order valence-electron chi connectivity index (χ4n) is 3.51. The largest absolute Gasteiger partial charge is 0.493 e. The number of nitrogens with one attached hydrogen (secondary N) is 1. The lowest BCUT2D eigenvalue weighted by atomic mass is 10.1. The Kier molecular flexibility index (Phi) is 8.53. The number of aliphatic carboxylic acids is 1. The second-order valence-corrected chi connectivity index (χ2v) is 8.76. The minimum atomic E-state index is -1.34. The van der Waals surface area contributed by atoms with Gasteiger partial charge in [-0.1, -0.05) is 11.2 Å². The number of carbonyl (C=O) groups is 1. The lowest BCUT2D eigenvalue weighted by Crippen LogP contribution is -2.37. The third-order valence-electron chi connectivity index (χ3n) is 5.34. The molecule has 3 heterocycles. The molecule has 0 bridgehead atoms. The highest BCUT2D eigenvalue weighted by atomic mass is 32.1. The Labute approximate surface area is 216 Å². The number of aromatic nitrogens is 3. The van der Waals surface area contributed by atoms with Crippen molar-refractivity contribution in [2.24, 2.45) is 5.16 Å². The van der Waals surface area contributed by atoms with Gasteiger partial charge in [-0.25, -0.2) is 4.79 Å². The van der Waals surface area contributed by atoms with Crippen LogP contribution >= 0.6 is 11.3 Å². The number of carboxylic acids is 1. The molecule has 4 rings (SSSR count). The molecule has 0 aliphatic carbocycles. The summed E-state index contributed by atoms with van der Waals surface area (Å²) < 4.78 is 21.9. The summed E-state index contributed by atoms with van der Waals surface area (Å²) in [6, 6.07) is 8.96. The van der Waals surface area contributed by atoms with Crippen molar-refractivity contribution in [2.75, 3.05) is 57.3 Å². The molecule has 13 nitrogen and oxygen atoms in total. The average molecular weight is 531 g/mol. The van der Waals surface area contributed by atoms with Gasteiger partial charge in [0.1, 0.15) is 0 Å². The summed E-state index contributed by atoms with van der Waals surface area (Å²) in [5, 5.41) is 24.6. The summed E-state index contributed by atoms with van der Waals surface area (Å²) >= 11 is 1.08. The number of hydrogen-bond acceptors (Lipinski definition) is 13. The molecular weight excluding hydrogens is 504 g/mol. The van der Waals surface area contributed by atoms with Crippen molar-refractivity contribution < 1.29 is 34.1 Å². The zero-order chi connectivity index (χ0) is 26.2. The molecule has 1 aliphatic heterocycles. The number of ether oxygens (including phenoxy) is 4. The van der Waals surface area contributed by atoms with Crippen LogP contribution in [0.25, 0.3) is 0 Å². The molecule has 14 heteroatoms. The Hall–Kier alpha value is -4.17. The molecule has 37 heavy (non-hydrogen) atoms. The van der Waals surface area contributed by atoms with E-state index in [4.69, 9.17) is 24.2 Å². The number of morpholine rings is 1. The molecule has 3 aromatic rings. The van der Waals surface area contributed by atoms with Gasteiger partial charge in [0.05, 0.1) is 43.9 Å². The third kappa shape index (κ3) is 6.54. The molecular formula is C23H26N6O7S. The van der Waals surface area contributed by atoms with E-state index in [1.54, 1.807) is 20.3 Å². The summed E-state index contributed by atoms with van der Waals surface area (Å²) in [4.78, 5) is 26.9. The predicted octanol–water partition coefficient (Wildman–Crippen LogP) is 2.41. The zero-order valence-corrected chi connectivity index (χ0v) is 21.0. The highest BCUT2D eigenvalue weighted by Crippen LogP contribution is 2.28. The van der Waals surface area contributed by atoms with Gasteiger partial charge in [-0.3, -0.25) is 0 Å². The fraction of sp³-hybridized carbons (Fsp3) is 0.348. The number of oxime groups is 1. The number of hydrogen-bond donors (Lipinski definition) is 3. The molecule has 2 aromatic heterocycles. The van der Waals surface area contributed by atoms with Crippen LogP contribution in [-0.2, 0) is 16.0 Å². The lowest BCUT2D eigenvalue weighted by molar-refractivity contribution is -0.129. The maximum Gasteiger partial charge on any atom is 0.359 e. The van der Waals surface area contributed by atoms with E-state index in [1.165, 1.54) is 6.07 Å². The molecule has 1 aliphatic rings. The smallest absolute Gasteiger partial charge is 0.359 e. The van der Waals surface area contributed by atoms with Crippen LogP contribution in [0.5, 0.6) is 17.5 Å². The second kappa shape index (κ2) is 12.2. The molecule has 0 spiro atoms. The fourth-order valence-corrected chi connectivity index (χ4v) is 4.38. The molecule has 0 amide bonds. The Bertz CT molecular complexity index is 1260. The Balaban J connectivity index is 1.51. The maximum absolute atomic E-state index is 11.3. The van der Waals surface area contributed by atoms with Crippen LogP contribution in [0.2, 0.25) is 0 Å². The van der Waals surface area contributed by atoms with Crippen LogP contribution in [0.3, 0.4) is 0 Å². The van der Waals surface area contributed by atoms with E-state index in [2.05, 4.69) is 25.4 Å². The minimum absolute atomic E-state index is 0.138. The summed E-state index contributed by atoms with van der Waals surface area (Å²) in [6.45, 7) is 2.65. The van der Waals surface area contributed by atoms with Gasteiger partial charge >= 0.3 is 12.0 Å². The van der Waals surface area contributed by atoms with Crippen LogP contribution in [-0.4, -0.2) is 84.1 Å². The number of carboxylic acid groups (broad SMARTS) is 1. The van der Waals surface area contributed by atoms with Crippen LogP contribution in [0.15, 0.2) is 35.5 Å². The monoisotopic (exact) mass is 530 g/mol. The van der Waals surface area contributed by atoms with E-state index in [1.807, 2.05) is 23.1 Å². The van der Waals surface area contributed by atoms with E-state index in [0.29, 0.717) is 61.8 Å². The Morgan fingerprint density at radius 3 is 2.62 bits per heavy atom. The van der Waals surface area contributed by atoms with E-state index in [0.717, 1.165) is 16.9 Å². The van der Waals surface area contributed by atoms with E-state index in [-0.39, 0.29) is 16.8 Å². The third-order valence-corrected chi connectivity index (χ3v) is 6.35. The van der Waals surface area contributed by atoms with Crippen molar-refractivity contribution in [3.8, 4) is 17.5 Å². The van der Waals surface area contributed by atoms with Crippen LogP contribution in [0.1, 0.15) is 10.4 Å². The summed E-state index contributed by atoms with van der Waals surface area (Å²) in [5.74, 6) is 0.600. The first-order valence-electron chi connectivity index (χ1n) is 11.3. The van der Waals surface area contributed by atoms with E-state index < -0.39 is 11.7 Å². The number of benzene rings is 1. The van der Waals surface area contributed by atoms with E-state index >= 15 is 0 Å². The van der Waals surface area contributed by atoms with Gasteiger partial charge in [-0.2, -0.15) is 15.0 Å². The van der Waals surface area contributed by atoms with Crippen LogP contribution in [0.4, 0.5) is 16.9 Å². The zero-order valence-electron chi connectivity index (χ0n) is 20.2. The topological polar surface area (TPSA) is 161 Å². The van der Waals surface area contributed by atoms with Crippen molar-refractivity contribution in [3.63, 3.8) is 0 Å². The van der Waals surface area contributed by atoms with Gasteiger partial charge in [0, 0.05) is 19.5 Å². The van der Waals surface area contributed by atoms with Gasteiger partial charge in [0.2, 0.25) is 17.6 Å². The summed E-state index contributed by atoms with van der Waals surface area (Å²) in [5.41, 5.74) is 0.534. The molecule has 1 fully saturated rings. The SMILES string of the molecule is COc1ccc(CCOc2nc(Nc3ccc(/C(=N/O)C(=O)O)s3)nc(N3CCOCC3)n2)cc1OC. The number of thiophene rings is 1. The molecule has 0 atom stereocenters. The van der Waals surface area contributed by atoms with Gasteiger partial charge in [-0.15, -0.1) is 11.3 Å². The Morgan fingerprint density at radius 1 is 1.14 bits per heavy atom. The van der Waals surface area contributed by atoms with Crippen LogP contribution < -0.4 is 24.4 Å². The normalized spacial score (nSPS) is 13.8.